The summed E-state index contributed by atoms with van der Waals surface area (Å²) in [5, 5.41) is 5.17. The molecule has 1 atom stereocenters. The van der Waals surface area contributed by atoms with E-state index in [0.29, 0.717) is 0 Å². The van der Waals surface area contributed by atoms with E-state index in [9.17, 15) is 4.39 Å². The highest BCUT2D eigenvalue weighted by Crippen LogP contribution is 2.12. The number of hydrazine groups is 2. The smallest absolute Gasteiger partial charge is 0.209 e. The second-order valence-electron chi connectivity index (χ2n) is 3.46. The molecule has 1 heterocycles. The maximum Gasteiger partial charge on any atom is 0.209 e. The topological polar surface area (TPSA) is 39.7 Å². The summed E-state index contributed by atoms with van der Waals surface area (Å²) < 4.78 is 12.9. The Morgan fingerprint density at radius 1 is 1.38 bits per heavy atom. The van der Waals surface area contributed by atoms with Crippen LogP contribution in [0.4, 0.5) is 4.39 Å². The van der Waals surface area contributed by atoms with E-state index in [1.165, 1.54) is 17.5 Å². The lowest BCUT2D eigenvalue weighted by atomic mass is 10.1. The molecule has 1 aliphatic heterocycles. The van der Waals surface area contributed by atoms with Crippen LogP contribution in [0.3, 0.4) is 0 Å². The predicted molar refractivity (Wildman–Crippen MR) is 60.7 cm³/mol. The zero-order valence-corrected chi connectivity index (χ0v) is 8.89. The molecule has 0 aromatic heterocycles. The van der Waals surface area contributed by atoms with E-state index in [4.69, 9.17) is 0 Å². The molecule has 1 aromatic carbocycles. The molecule has 1 aliphatic rings. The van der Waals surface area contributed by atoms with Crippen molar-refractivity contribution in [2.45, 2.75) is 13.0 Å². The summed E-state index contributed by atoms with van der Waals surface area (Å²) in [6.45, 7) is 1.97. The van der Waals surface area contributed by atoms with E-state index in [-0.39, 0.29) is 6.04 Å². The molecule has 0 bridgehead atoms. The maximum atomic E-state index is 12.9. The Balaban J connectivity index is 1.96. The number of hydrazone groups is 1. The van der Waals surface area contributed by atoms with Gasteiger partial charge in [-0.1, -0.05) is 30.3 Å². The monoisotopic (exact) mass is 220 g/mol. The second kappa shape index (κ2) is 4.76. The molecule has 1 aromatic rings. The highest BCUT2D eigenvalue weighted by molar-refractivity contribution is 5.71. The van der Waals surface area contributed by atoms with E-state index in [1.54, 1.807) is 0 Å². The maximum absolute atomic E-state index is 12.9. The Kier molecular flexibility index (Phi) is 3.16. The van der Waals surface area contributed by atoms with Crippen LogP contribution in [0.1, 0.15) is 18.5 Å². The van der Waals surface area contributed by atoms with Gasteiger partial charge in [0, 0.05) is 6.08 Å². The summed E-state index contributed by atoms with van der Waals surface area (Å²) in [6.07, 6.45) is 2.64. The van der Waals surface area contributed by atoms with E-state index in [2.05, 4.69) is 16.0 Å². The fourth-order valence-electron chi connectivity index (χ4n) is 1.40. The van der Waals surface area contributed by atoms with E-state index >= 15 is 0 Å². The Morgan fingerprint density at radius 3 is 2.81 bits per heavy atom. The van der Waals surface area contributed by atoms with Gasteiger partial charge in [-0.2, -0.15) is 9.82 Å². The van der Waals surface area contributed by atoms with Crippen LogP contribution in [0.5, 0.6) is 0 Å². The van der Waals surface area contributed by atoms with Gasteiger partial charge in [0.15, 0.2) is 0 Å². The average molecular weight is 220 g/mol. The molecule has 2 N–H and O–H groups in total. The van der Waals surface area contributed by atoms with Gasteiger partial charge in [-0.3, -0.25) is 0 Å². The molecule has 0 saturated carbocycles. The largest absolute Gasteiger partial charge is 0.242 e. The highest BCUT2D eigenvalue weighted by Gasteiger charge is 2.11. The van der Waals surface area contributed by atoms with Crippen molar-refractivity contribution in [3.8, 4) is 0 Å². The Bertz CT molecular complexity index is 402. The van der Waals surface area contributed by atoms with Crippen LogP contribution in [0.2, 0.25) is 0 Å². The lowest BCUT2D eigenvalue weighted by Gasteiger charge is -2.25. The molecular weight excluding hydrogens is 207 g/mol. The van der Waals surface area contributed by atoms with Crippen molar-refractivity contribution in [3.05, 3.63) is 47.9 Å². The fourth-order valence-corrected chi connectivity index (χ4v) is 1.40. The van der Waals surface area contributed by atoms with Crippen LogP contribution in [0, 0.1) is 0 Å². The Morgan fingerprint density at radius 2 is 2.12 bits per heavy atom. The van der Waals surface area contributed by atoms with Crippen LogP contribution >= 0.6 is 0 Å². The number of nitrogens with one attached hydrogen (secondary N) is 2. The van der Waals surface area contributed by atoms with Crippen LogP contribution in [0.15, 0.2) is 47.5 Å². The van der Waals surface area contributed by atoms with Crippen LogP contribution in [0.25, 0.3) is 0 Å². The molecule has 0 radical (unpaired) electrons. The fraction of sp³-hybridized carbons (Fsp3) is 0.182. The first-order valence-corrected chi connectivity index (χ1v) is 5.03. The van der Waals surface area contributed by atoms with Gasteiger partial charge < -0.3 is 0 Å². The van der Waals surface area contributed by atoms with Gasteiger partial charge in [0.05, 0.1) is 12.3 Å². The first-order valence-electron chi connectivity index (χ1n) is 5.03. The molecule has 16 heavy (non-hydrogen) atoms. The molecular formula is C11H13FN4. The molecule has 0 aliphatic carbocycles. The molecule has 4 nitrogen and oxygen atoms in total. The van der Waals surface area contributed by atoms with Gasteiger partial charge in [0.1, 0.15) is 0 Å². The average Bonchev–Trinajstić information content (AvgIpc) is 2.30. The summed E-state index contributed by atoms with van der Waals surface area (Å²) >= 11 is 0. The zero-order chi connectivity index (χ0) is 11.4. The zero-order valence-electron chi connectivity index (χ0n) is 8.89. The van der Waals surface area contributed by atoms with Crippen molar-refractivity contribution in [3.63, 3.8) is 0 Å². The standard InChI is InChI=1S/C11H13FN4/c1-9(10-5-3-2-4-6-10)14-16-13-8-7-11(12)15-16/h2-9,14-15H,1H3. The minimum Gasteiger partial charge on any atom is -0.242 e. The third-order valence-corrected chi connectivity index (χ3v) is 2.23. The Hall–Kier alpha value is -1.88. The van der Waals surface area contributed by atoms with Crippen molar-refractivity contribution in [2.24, 2.45) is 5.10 Å². The molecule has 84 valence electrons. The minimum atomic E-state index is -0.442. The summed E-state index contributed by atoms with van der Waals surface area (Å²) in [6, 6.07) is 9.91. The molecule has 2 rings (SSSR count). The van der Waals surface area contributed by atoms with Gasteiger partial charge in [0.2, 0.25) is 5.95 Å². The number of benzene rings is 1. The number of rotatable bonds is 3. The molecule has 0 fully saturated rings. The van der Waals surface area contributed by atoms with Crippen molar-refractivity contribution >= 4 is 6.21 Å². The number of hydrogen-bond donors (Lipinski definition) is 2. The van der Waals surface area contributed by atoms with Crippen molar-refractivity contribution in [2.75, 3.05) is 0 Å². The normalized spacial score (nSPS) is 16.6. The molecule has 5 heteroatoms. The van der Waals surface area contributed by atoms with Crippen molar-refractivity contribution < 1.29 is 4.39 Å². The minimum absolute atomic E-state index is 0.0387. The van der Waals surface area contributed by atoms with E-state index in [1.807, 2.05) is 37.3 Å². The lowest BCUT2D eigenvalue weighted by molar-refractivity contribution is 0.101. The highest BCUT2D eigenvalue weighted by atomic mass is 19.1. The number of allylic oxidation sites excluding steroid dienone is 1. The third kappa shape index (κ3) is 2.58. The number of halogens is 1. The third-order valence-electron chi connectivity index (χ3n) is 2.23. The number of nitrogens with zero attached hydrogens (tertiary/aromatic N) is 2. The first kappa shape index (κ1) is 10.6. The molecule has 0 spiro atoms. The summed E-state index contributed by atoms with van der Waals surface area (Å²) in [4.78, 5) is 0. The quantitative estimate of drug-likeness (QED) is 0.764. The summed E-state index contributed by atoms with van der Waals surface area (Å²) in [5.74, 6) is -0.442. The van der Waals surface area contributed by atoms with E-state index in [0.717, 1.165) is 5.56 Å². The lowest BCUT2D eigenvalue weighted by Crippen LogP contribution is -2.45. The molecule has 0 saturated heterocycles. The Labute approximate surface area is 93.4 Å². The van der Waals surface area contributed by atoms with E-state index < -0.39 is 5.95 Å². The van der Waals surface area contributed by atoms with Crippen LogP contribution < -0.4 is 10.9 Å². The number of hydrogen-bond acceptors (Lipinski definition) is 4. The molecule has 0 amide bonds. The van der Waals surface area contributed by atoms with Crippen molar-refractivity contribution in [1.82, 2.24) is 16.1 Å². The van der Waals surface area contributed by atoms with Crippen LogP contribution in [-0.4, -0.2) is 11.4 Å². The van der Waals surface area contributed by atoms with Gasteiger partial charge in [-0.05, 0) is 12.5 Å². The van der Waals surface area contributed by atoms with Gasteiger partial charge in [-0.25, -0.2) is 5.43 Å². The second-order valence-corrected chi connectivity index (χ2v) is 3.46. The first-order chi connectivity index (χ1) is 7.75. The summed E-state index contributed by atoms with van der Waals surface area (Å²) in [5.41, 5.74) is 6.55. The SMILES string of the molecule is CC(NN1N=CC=C(F)N1)c1ccccc1. The predicted octanol–water partition coefficient (Wildman–Crippen LogP) is 1.87. The van der Waals surface area contributed by atoms with Gasteiger partial charge in [-0.15, -0.1) is 10.3 Å². The van der Waals surface area contributed by atoms with Gasteiger partial charge in [0.25, 0.3) is 0 Å². The van der Waals surface area contributed by atoms with Crippen LogP contribution in [-0.2, 0) is 0 Å². The molecule has 1 unspecified atom stereocenters. The van der Waals surface area contributed by atoms with Crippen molar-refractivity contribution in [1.29, 1.82) is 0 Å². The summed E-state index contributed by atoms with van der Waals surface area (Å²) in [7, 11) is 0. The van der Waals surface area contributed by atoms with Gasteiger partial charge >= 0.3 is 0 Å².